The normalized spacial score (nSPS) is 10.7. The summed E-state index contributed by atoms with van der Waals surface area (Å²) < 4.78 is 1.04. The molecule has 0 atom stereocenters. The van der Waals surface area contributed by atoms with Crippen molar-refractivity contribution in [1.29, 1.82) is 0 Å². The Hall–Kier alpha value is -3.15. The molecular formula is C18H17N3O3. The van der Waals surface area contributed by atoms with Gasteiger partial charge in [-0.25, -0.2) is 4.68 Å². The molecule has 6 heteroatoms. The number of hydrogen-bond donors (Lipinski definition) is 2. The maximum atomic E-state index is 12.3. The first kappa shape index (κ1) is 15.7. The molecule has 1 heterocycles. The number of H-pyrrole nitrogens is 1. The van der Waals surface area contributed by atoms with Crippen LogP contribution in [0.3, 0.4) is 0 Å². The number of benzene rings is 2. The highest BCUT2D eigenvalue weighted by Crippen LogP contribution is 2.04. The summed E-state index contributed by atoms with van der Waals surface area (Å²) in [7, 11) is 0. The van der Waals surface area contributed by atoms with Gasteiger partial charge >= 0.3 is 0 Å². The van der Waals surface area contributed by atoms with Crippen molar-refractivity contribution in [3.63, 3.8) is 0 Å². The number of hydrogen-bond acceptors (Lipinski definition) is 3. The molecule has 2 aromatic carbocycles. The van der Waals surface area contributed by atoms with E-state index in [0.29, 0.717) is 17.3 Å². The summed E-state index contributed by atoms with van der Waals surface area (Å²) in [5, 5.41) is 5.81. The standard InChI is InChI=1S/C18H17N3O3/c1-12-5-4-6-13(9-12)10-19-16(22)11-21-18(24)15-8-3-2-7-14(15)17(23)20-21/h2-9H,10-11H2,1H3,(H,19,22)(H,20,23). The predicted octanol–water partition coefficient (Wildman–Crippen LogP) is 1.31. The van der Waals surface area contributed by atoms with Crippen LogP contribution in [0, 0.1) is 6.92 Å². The third-order valence-electron chi connectivity index (χ3n) is 3.76. The predicted molar refractivity (Wildman–Crippen MR) is 91.9 cm³/mol. The summed E-state index contributed by atoms with van der Waals surface area (Å²) in [6.45, 7) is 2.11. The van der Waals surface area contributed by atoms with Crippen molar-refractivity contribution < 1.29 is 4.79 Å². The van der Waals surface area contributed by atoms with Gasteiger partial charge in [0.25, 0.3) is 11.1 Å². The summed E-state index contributed by atoms with van der Waals surface area (Å²) in [5.74, 6) is -0.343. The zero-order valence-corrected chi connectivity index (χ0v) is 13.2. The monoisotopic (exact) mass is 323 g/mol. The van der Waals surface area contributed by atoms with Crippen LogP contribution in [-0.2, 0) is 17.9 Å². The van der Waals surface area contributed by atoms with E-state index in [1.807, 2.05) is 31.2 Å². The molecule has 0 aliphatic heterocycles. The summed E-state index contributed by atoms with van der Waals surface area (Å²) in [6.07, 6.45) is 0. The van der Waals surface area contributed by atoms with E-state index in [4.69, 9.17) is 0 Å². The average molecular weight is 323 g/mol. The number of aryl methyl sites for hydroxylation is 1. The molecule has 1 aromatic heterocycles. The Morgan fingerprint density at radius 1 is 1.08 bits per heavy atom. The van der Waals surface area contributed by atoms with Crippen LogP contribution in [0.15, 0.2) is 58.1 Å². The summed E-state index contributed by atoms with van der Waals surface area (Å²) >= 11 is 0. The number of carbonyl (C=O) groups is 1. The summed E-state index contributed by atoms with van der Waals surface area (Å²) in [6, 6.07) is 14.3. The lowest BCUT2D eigenvalue weighted by Gasteiger charge is -2.09. The molecule has 122 valence electrons. The van der Waals surface area contributed by atoms with Crippen molar-refractivity contribution >= 4 is 16.7 Å². The summed E-state index contributed by atoms with van der Waals surface area (Å²) in [4.78, 5) is 36.4. The van der Waals surface area contributed by atoms with Crippen molar-refractivity contribution in [1.82, 2.24) is 15.1 Å². The highest BCUT2D eigenvalue weighted by molar-refractivity contribution is 5.81. The van der Waals surface area contributed by atoms with Crippen molar-refractivity contribution in [2.45, 2.75) is 20.0 Å². The van der Waals surface area contributed by atoms with E-state index in [1.165, 1.54) is 0 Å². The van der Waals surface area contributed by atoms with Crippen LogP contribution >= 0.6 is 0 Å². The number of carbonyl (C=O) groups excluding carboxylic acids is 1. The van der Waals surface area contributed by atoms with Crippen LogP contribution in [-0.4, -0.2) is 15.7 Å². The van der Waals surface area contributed by atoms with Crippen LogP contribution in [0.4, 0.5) is 0 Å². The number of fused-ring (bicyclic) bond motifs is 1. The molecule has 0 saturated carbocycles. The van der Waals surface area contributed by atoms with Crippen LogP contribution in [0.5, 0.6) is 0 Å². The minimum absolute atomic E-state index is 0.231. The SMILES string of the molecule is Cc1cccc(CNC(=O)Cn2[nH]c(=O)c3ccccc3c2=O)c1. The molecular weight excluding hydrogens is 306 g/mol. The van der Waals surface area contributed by atoms with E-state index in [0.717, 1.165) is 15.8 Å². The lowest BCUT2D eigenvalue weighted by Crippen LogP contribution is -2.36. The molecule has 6 nitrogen and oxygen atoms in total. The lowest BCUT2D eigenvalue weighted by atomic mass is 10.1. The lowest BCUT2D eigenvalue weighted by molar-refractivity contribution is -0.122. The maximum Gasteiger partial charge on any atom is 0.273 e. The van der Waals surface area contributed by atoms with Gasteiger partial charge in [0.15, 0.2) is 0 Å². The molecule has 3 rings (SSSR count). The second-order valence-electron chi connectivity index (χ2n) is 5.64. The van der Waals surface area contributed by atoms with Crippen LogP contribution in [0.2, 0.25) is 0 Å². The average Bonchev–Trinajstić information content (AvgIpc) is 2.58. The number of aromatic nitrogens is 2. The topological polar surface area (TPSA) is 84.0 Å². The minimum Gasteiger partial charge on any atom is -0.350 e. The zero-order chi connectivity index (χ0) is 17.1. The van der Waals surface area contributed by atoms with Crippen molar-refractivity contribution in [2.75, 3.05) is 0 Å². The Bertz CT molecular complexity index is 1020. The molecule has 3 aromatic rings. The van der Waals surface area contributed by atoms with Crippen molar-refractivity contribution in [3.05, 3.63) is 80.4 Å². The van der Waals surface area contributed by atoms with Crippen molar-refractivity contribution in [2.24, 2.45) is 0 Å². The Balaban J connectivity index is 1.77. The Labute approximate surface area is 137 Å². The second-order valence-corrected chi connectivity index (χ2v) is 5.64. The first-order valence-electron chi connectivity index (χ1n) is 7.59. The Kier molecular flexibility index (Phi) is 4.29. The Morgan fingerprint density at radius 3 is 2.58 bits per heavy atom. The molecule has 0 aliphatic rings. The van der Waals surface area contributed by atoms with Gasteiger partial charge in [0, 0.05) is 6.54 Å². The van der Waals surface area contributed by atoms with Gasteiger partial charge in [0.1, 0.15) is 6.54 Å². The van der Waals surface area contributed by atoms with Gasteiger partial charge in [0.05, 0.1) is 10.8 Å². The Morgan fingerprint density at radius 2 is 1.83 bits per heavy atom. The molecule has 0 spiro atoms. The van der Waals surface area contributed by atoms with Gasteiger partial charge in [-0.1, -0.05) is 42.0 Å². The number of amides is 1. The number of rotatable bonds is 4. The number of nitrogens with one attached hydrogen (secondary N) is 2. The molecule has 2 N–H and O–H groups in total. The van der Waals surface area contributed by atoms with Gasteiger partial charge in [0.2, 0.25) is 5.91 Å². The summed E-state index contributed by atoms with van der Waals surface area (Å²) in [5.41, 5.74) is 1.30. The van der Waals surface area contributed by atoms with E-state index in [2.05, 4.69) is 10.4 Å². The molecule has 0 fully saturated rings. The molecule has 1 amide bonds. The number of aromatic amines is 1. The third-order valence-corrected chi connectivity index (χ3v) is 3.76. The van der Waals surface area contributed by atoms with Crippen LogP contribution < -0.4 is 16.4 Å². The molecule has 0 unspecified atom stereocenters. The highest BCUT2D eigenvalue weighted by Gasteiger charge is 2.09. The molecule has 24 heavy (non-hydrogen) atoms. The van der Waals surface area contributed by atoms with Gasteiger partial charge < -0.3 is 5.32 Å². The highest BCUT2D eigenvalue weighted by atomic mass is 16.2. The van der Waals surface area contributed by atoms with Gasteiger partial charge in [-0.05, 0) is 24.6 Å². The van der Waals surface area contributed by atoms with E-state index < -0.39 is 11.1 Å². The minimum atomic E-state index is -0.393. The number of nitrogens with zero attached hydrogens (tertiary/aromatic N) is 1. The molecule has 0 aliphatic carbocycles. The van der Waals surface area contributed by atoms with Gasteiger partial charge in [-0.3, -0.25) is 19.5 Å². The van der Waals surface area contributed by atoms with Crippen LogP contribution in [0.25, 0.3) is 10.8 Å². The van der Waals surface area contributed by atoms with E-state index in [1.54, 1.807) is 24.3 Å². The van der Waals surface area contributed by atoms with Crippen molar-refractivity contribution in [3.8, 4) is 0 Å². The molecule has 0 bridgehead atoms. The fraction of sp³-hybridized carbons (Fsp3) is 0.167. The van der Waals surface area contributed by atoms with Crippen LogP contribution in [0.1, 0.15) is 11.1 Å². The first-order valence-corrected chi connectivity index (χ1v) is 7.59. The fourth-order valence-electron chi connectivity index (χ4n) is 2.58. The molecule has 0 radical (unpaired) electrons. The zero-order valence-electron chi connectivity index (χ0n) is 13.2. The van der Waals surface area contributed by atoms with Gasteiger partial charge in [-0.15, -0.1) is 0 Å². The van der Waals surface area contributed by atoms with Gasteiger partial charge in [-0.2, -0.15) is 0 Å². The molecule has 0 saturated heterocycles. The maximum absolute atomic E-state index is 12.3. The third kappa shape index (κ3) is 3.27. The first-order chi connectivity index (χ1) is 11.5. The fourth-order valence-corrected chi connectivity index (χ4v) is 2.58. The van der Waals surface area contributed by atoms with E-state index in [9.17, 15) is 14.4 Å². The van der Waals surface area contributed by atoms with E-state index in [-0.39, 0.29) is 12.5 Å². The smallest absolute Gasteiger partial charge is 0.273 e. The largest absolute Gasteiger partial charge is 0.350 e. The second kappa shape index (κ2) is 6.54. The van der Waals surface area contributed by atoms with E-state index >= 15 is 0 Å². The quantitative estimate of drug-likeness (QED) is 0.759.